The number of likely N-dealkylation sites (tertiary alicyclic amines) is 1. The molecular weight excluding hydrogens is 314 g/mol. The maximum Gasteiger partial charge on any atom is 0.341 e. The molecule has 1 saturated heterocycles. The van der Waals surface area contributed by atoms with E-state index in [4.69, 9.17) is 0 Å². The molecule has 1 aromatic carbocycles. The Bertz CT molecular complexity index is 609. The molecule has 2 rings (SSSR count). The number of hydrogen-bond acceptors (Lipinski definition) is 3. The van der Waals surface area contributed by atoms with Gasteiger partial charge in [0, 0.05) is 18.8 Å². The molecule has 0 unspecified atom stereocenters. The van der Waals surface area contributed by atoms with Crippen molar-refractivity contribution in [3.63, 3.8) is 0 Å². The molecule has 1 fully saturated rings. The van der Waals surface area contributed by atoms with E-state index >= 15 is 0 Å². The fourth-order valence-electron chi connectivity index (χ4n) is 2.31. The summed E-state index contributed by atoms with van der Waals surface area (Å²) in [6, 6.07) is 4.50. The molecule has 0 radical (unpaired) electrons. The van der Waals surface area contributed by atoms with Gasteiger partial charge in [0.05, 0.1) is 4.90 Å². The van der Waals surface area contributed by atoms with E-state index in [0.717, 1.165) is 37.8 Å². The summed E-state index contributed by atoms with van der Waals surface area (Å²) in [4.78, 5) is 13.3. The van der Waals surface area contributed by atoms with Crippen molar-refractivity contribution in [3.05, 3.63) is 24.3 Å². The highest BCUT2D eigenvalue weighted by molar-refractivity contribution is 7.91. The maximum absolute atomic E-state index is 12.4. The van der Waals surface area contributed by atoms with Gasteiger partial charge in [0.1, 0.15) is 0 Å². The van der Waals surface area contributed by atoms with E-state index in [1.807, 2.05) is 0 Å². The van der Waals surface area contributed by atoms with Crippen molar-refractivity contribution in [3.8, 4) is 0 Å². The van der Waals surface area contributed by atoms with Gasteiger partial charge < -0.3 is 10.2 Å². The van der Waals surface area contributed by atoms with Crippen LogP contribution in [0.5, 0.6) is 0 Å². The van der Waals surface area contributed by atoms with E-state index in [1.54, 1.807) is 4.90 Å². The molecule has 1 N–H and O–H groups in total. The van der Waals surface area contributed by atoms with Crippen LogP contribution in [0.2, 0.25) is 0 Å². The number of carbonyl (C=O) groups is 1. The average molecular weight is 332 g/mol. The molecule has 8 heteroatoms. The highest BCUT2D eigenvalue weighted by atomic mass is 32.2. The van der Waals surface area contributed by atoms with Crippen LogP contribution in [0.4, 0.5) is 19.3 Å². The number of sulfone groups is 1. The van der Waals surface area contributed by atoms with Gasteiger partial charge in [-0.1, -0.05) is 12.8 Å². The standard InChI is InChI=1S/C14H18F2N2O3S/c15-13(16)22(20,21)12-7-5-11(6-8-12)17-14(19)18-9-3-1-2-4-10-18/h5-8,13H,1-4,9-10H2,(H,17,19). The fraction of sp³-hybridized carbons (Fsp3) is 0.500. The monoisotopic (exact) mass is 332 g/mol. The van der Waals surface area contributed by atoms with Gasteiger partial charge in [-0.25, -0.2) is 13.2 Å². The number of amides is 2. The van der Waals surface area contributed by atoms with Gasteiger partial charge in [-0.3, -0.25) is 0 Å². The first-order valence-corrected chi connectivity index (χ1v) is 8.64. The van der Waals surface area contributed by atoms with E-state index in [0.29, 0.717) is 18.8 Å². The molecule has 0 aliphatic carbocycles. The molecule has 1 heterocycles. The Hall–Kier alpha value is -1.70. The quantitative estimate of drug-likeness (QED) is 0.925. The normalized spacial score (nSPS) is 16.4. The van der Waals surface area contributed by atoms with E-state index in [1.165, 1.54) is 12.1 Å². The molecule has 0 atom stereocenters. The van der Waals surface area contributed by atoms with Crippen LogP contribution in [-0.2, 0) is 9.84 Å². The van der Waals surface area contributed by atoms with Crippen LogP contribution < -0.4 is 5.32 Å². The molecule has 2 amide bonds. The maximum atomic E-state index is 12.4. The molecule has 122 valence electrons. The summed E-state index contributed by atoms with van der Waals surface area (Å²) in [6.07, 6.45) is 4.12. The number of urea groups is 1. The molecule has 1 aliphatic rings. The van der Waals surface area contributed by atoms with E-state index in [9.17, 15) is 22.0 Å². The van der Waals surface area contributed by atoms with Crippen molar-refractivity contribution >= 4 is 21.6 Å². The van der Waals surface area contributed by atoms with Crippen LogP contribution in [-0.4, -0.2) is 38.2 Å². The number of hydrogen-bond donors (Lipinski definition) is 1. The number of carbonyl (C=O) groups excluding carboxylic acids is 1. The van der Waals surface area contributed by atoms with Crippen LogP contribution in [0.25, 0.3) is 0 Å². The van der Waals surface area contributed by atoms with Gasteiger partial charge in [-0.05, 0) is 37.1 Å². The minimum Gasteiger partial charge on any atom is -0.325 e. The number of halogens is 2. The van der Waals surface area contributed by atoms with Crippen LogP contribution in [0.3, 0.4) is 0 Å². The lowest BCUT2D eigenvalue weighted by atomic mass is 10.2. The zero-order valence-electron chi connectivity index (χ0n) is 12.0. The Morgan fingerprint density at radius 1 is 1.05 bits per heavy atom. The highest BCUT2D eigenvalue weighted by Crippen LogP contribution is 2.20. The number of anilines is 1. The van der Waals surface area contributed by atoms with E-state index in [2.05, 4.69) is 5.32 Å². The van der Waals surface area contributed by atoms with Crippen LogP contribution in [0, 0.1) is 0 Å². The Morgan fingerprint density at radius 3 is 2.09 bits per heavy atom. The molecule has 1 aliphatic heterocycles. The third-order valence-electron chi connectivity index (χ3n) is 3.56. The topological polar surface area (TPSA) is 66.5 Å². The molecule has 0 aromatic heterocycles. The number of alkyl halides is 2. The lowest BCUT2D eigenvalue weighted by Crippen LogP contribution is -2.35. The third-order valence-corrected chi connectivity index (χ3v) is 4.96. The van der Waals surface area contributed by atoms with Crippen molar-refractivity contribution < 1.29 is 22.0 Å². The summed E-state index contributed by atoms with van der Waals surface area (Å²) in [6.45, 7) is 1.37. The van der Waals surface area contributed by atoms with Gasteiger partial charge in [0.2, 0.25) is 9.84 Å². The number of benzene rings is 1. The fourth-order valence-corrected chi connectivity index (χ4v) is 3.03. The van der Waals surface area contributed by atoms with Crippen LogP contribution in [0.15, 0.2) is 29.2 Å². The Balaban J connectivity index is 2.03. The summed E-state index contributed by atoms with van der Waals surface area (Å²) < 4.78 is 47.5. The largest absolute Gasteiger partial charge is 0.341 e. The first-order chi connectivity index (χ1) is 10.4. The molecular formula is C14H18F2N2O3S. The summed E-state index contributed by atoms with van der Waals surface area (Å²) in [5, 5.41) is 2.65. The summed E-state index contributed by atoms with van der Waals surface area (Å²) in [5.41, 5.74) is 0.377. The van der Waals surface area contributed by atoms with Gasteiger partial charge in [-0.2, -0.15) is 8.78 Å². The second kappa shape index (κ2) is 7.04. The lowest BCUT2D eigenvalue weighted by molar-refractivity contribution is 0.214. The number of nitrogens with zero attached hydrogens (tertiary/aromatic N) is 1. The zero-order chi connectivity index (χ0) is 16.2. The smallest absolute Gasteiger partial charge is 0.325 e. The zero-order valence-corrected chi connectivity index (χ0v) is 12.8. The number of nitrogens with one attached hydrogen (secondary N) is 1. The van der Waals surface area contributed by atoms with Gasteiger partial charge in [-0.15, -0.1) is 0 Å². The van der Waals surface area contributed by atoms with E-state index < -0.39 is 20.5 Å². The molecule has 5 nitrogen and oxygen atoms in total. The van der Waals surface area contributed by atoms with Crippen LogP contribution in [0.1, 0.15) is 25.7 Å². The SMILES string of the molecule is O=C(Nc1ccc(S(=O)(=O)C(F)F)cc1)N1CCCCCC1. The molecule has 1 aromatic rings. The summed E-state index contributed by atoms with van der Waals surface area (Å²) in [7, 11) is -4.60. The Kier molecular flexibility index (Phi) is 5.33. The van der Waals surface area contributed by atoms with Gasteiger partial charge >= 0.3 is 11.8 Å². The Labute approximate surface area is 128 Å². The van der Waals surface area contributed by atoms with Crippen molar-refractivity contribution in [2.24, 2.45) is 0 Å². The third kappa shape index (κ3) is 3.94. The van der Waals surface area contributed by atoms with Crippen molar-refractivity contribution in [2.45, 2.75) is 36.3 Å². The molecule has 0 spiro atoms. The van der Waals surface area contributed by atoms with Crippen molar-refractivity contribution in [1.82, 2.24) is 4.90 Å². The van der Waals surface area contributed by atoms with Crippen molar-refractivity contribution in [2.75, 3.05) is 18.4 Å². The predicted molar refractivity (Wildman–Crippen MR) is 78.7 cm³/mol. The van der Waals surface area contributed by atoms with Crippen LogP contribution >= 0.6 is 0 Å². The van der Waals surface area contributed by atoms with Crippen molar-refractivity contribution in [1.29, 1.82) is 0 Å². The summed E-state index contributed by atoms with van der Waals surface area (Å²) in [5.74, 6) is -3.45. The first-order valence-electron chi connectivity index (χ1n) is 7.09. The highest BCUT2D eigenvalue weighted by Gasteiger charge is 2.26. The lowest BCUT2D eigenvalue weighted by Gasteiger charge is -2.20. The predicted octanol–water partition coefficient (Wildman–Crippen LogP) is 3.09. The molecule has 22 heavy (non-hydrogen) atoms. The first kappa shape index (κ1) is 16.7. The van der Waals surface area contributed by atoms with Gasteiger partial charge in [0.15, 0.2) is 0 Å². The summed E-state index contributed by atoms with van der Waals surface area (Å²) >= 11 is 0. The second-order valence-corrected chi connectivity index (χ2v) is 7.08. The Morgan fingerprint density at radius 2 is 1.59 bits per heavy atom. The number of rotatable bonds is 3. The second-order valence-electron chi connectivity index (χ2n) is 5.16. The minimum atomic E-state index is -4.60. The van der Waals surface area contributed by atoms with Gasteiger partial charge in [0.25, 0.3) is 0 Å². The molecule has 0 saturated carbocycles. The van der Waals surface area contributed by atoms with E-state index in [-0.39, 0.29) is 6.03 Å². The molecule has 0 bridgehead atoms. The average Bonchev–Trinajstić information content (AvgIpc) is 2.76. The minimum absolute atomic E-state index is 0.258.